The van der Waals surface area contributed by atoms with Crippen LogP contribution in [0.2, 0.25) is 0 Å². The van der Waals surface area contributed by atoms with E-state index in [0.29, 0.717) is 11.3 Å². The van der Waals surface area contributed by atoms with Gasteiger partial charge in [-0.2, -0.15) is 0 Å². The third-order valence-corrected chi connectivity index (χ3v) is 3.92. The van der Waals surface area contributed by atoms with Crippen LogP contribution in [0.4, 0.5) is 4.39 Å². The van der Waals surface area contributed by atoms with E-state index in [-0.39, 0.29) is 11.7 Å². The molecular formula is C17H23FN4O2. The van der Waals surface area contributed by atoms with Crippen LogP contribution in [0.25, 0.3) is 0 Å². The first-order chi connectivity index (χ1) is 11.3. The third kappa shape index (κ3) is 3.73. The summed E-state index contributed by atoms with van der Waals surface area (Å²) in [6, 6.07) is 3.35. The summed E-state index contributed by atoms with van der Waals surface area (Å²) in [5.41, 5.74) is 1.37. The van der Waals surface area contributed by atoms with E-state index in [2.05, 4.69) is 10.3 Å². The van der Waals surface area contributed by atoms with E-state index in [1.54, 1.807) is 30.1 Å². The van der Waals surface area contributed by atoms with Gasteiger partial charge in [0, 0.05) is 12.6 Å². The van der Waals surface area contributed by atoms with Gasteiger partial charge in [-0.1, -0.05) is 0 Å². The van der Waals surface area contributed by atoms with Gasteiger partial charge in [0.05, 0.1) is 31.4 Å². The summed E-state index contributed by atoms with van der Waals surface area (Å²) in [4.78, 5) is 18.7. The molecule has 130 valence electrons. The lowest BCUT2D eigenvalue weighted by Crippen LogP contribution is -2.39. The van der Waals surface area contributed by atoms with Crippen LogP contribution < -0.4 is 10.1 Å². The molecule has 1 heterocycles. The molecule has 1 aromatic carbocycles. The number of hydrogen-bond donors (Lipinski definition) is 1. The lowest BCUT2D eigenvalue weighted by molar-refractivity contribution is -0.126. The van der Waals surface area contributed by atoms with Crippen LogP contribution in [-0.4, -0.2) is 41.6 Å². The molecule has 0 spiro atoms. The second-order valence-corrected chi connectivity index (χ2v) is 5.91. The average Bonchev–Trinajstić information content (AvgIpc) is 2.93. The van der Waals surface area contributed by atoms with Crippen molar-refractivity contribution in [2.24, 2.45) is 7.05 Å². The first-order valence-electron chi connectivity index (χ1n) is 7.61. The van der Waals surface area contributed by atoms with E-state index < -0.39 is 12.1 Å². The highest BCUT2D eigenvalue weighted by molar-refractivity contribution is 5.83. The zero-order chi connectivity index (χ0) is 17.9. The summed E-state index contributed by atoms with van der Waals surface area (Å²) in [5.74, 6) is -0.0313. The van der Waals surface area contributed by atoms with Gasteiger partial charge in [0.25, 0.3) is 0 Å². The molecule has 2 aromatic rings. The molecule has 0 radical (unpaired) electrons. The first-order valence-corrected chi connectivity index (χ1v) is 7.61. The number of nitrogens with one attached hydrogen (secondary N) is 1. The number of benzene rings is 1. The first kappa shape index (κ1) is 17.9. The van der Waals surface area contributed by atoms with Gasteiger partial charge in [-0.25, -0.2) is 9.37 Å². The van der Waals surface area contributed by atoms with Crippen molar-refractivity contribution < 1.29 is 13.9 Å². The predicted octanol–water partition coefficient (Wildman–Crippen LogP) is 2.05. The van der Waals surface area contributed by atoms with Gasteiger partial charge in [0.1, 0.15) is 17.6 Å². The molecule has 2 atom stereocenters. The molecule has 2 rings (SSSR count). The monoisotopic (exact) mass is 334 g/mol. The highest BCUT2D eigenvalue weighted by atomic mass is 19.1. The van der Waals surface area contributed by atoms with Gasteiger partial charge in [0.2, 0.25) is 5.91 Å². The third-order valence-electron chi connectivity index (χ3n) is 3.92. The number of nitrogens with zero attached hydrogens (tertiary/aromatic N) is 3. The smallest absolute Gasteiger partial charge is 0.244 e. The number of amides is 1. The summed E-state index contributed by atoms with van der Waals surface area (Å²) in [7, 11) is 7.00. The number of rotatable bonds is 6. The van der Waals surface area contributed by atoms with Crippen molar-refractivity contribution in [1.29, 1.82) is 0 Å². The molecule has 0 aliphatic rings. The molecule has 1 N–H and O–H groups in total. The number of methoxy groups -OCH3 is 1. The van der Waals surface area contributed by atoms with Gasteiger partial charge in [0.15, 0.2) is 0 Å². The Morgan fingerprint density at radius 2 is 2.12 bits per heavy atom. The fourth-order valence-corrected chi connectivity index (χ4v) is 2.68. The van der Waals surface area contributed by atoms with E-state index in [0.717, 1.165) is 5.69 Å². The summed E-state index contributed by atoms with van der Waals surface area (Å²) in [6.45, 7) is 1.80. The van der Waals surface area contributed by atoms with E-state index in [9.17, 15) is 9.18 Å². The van der Waals surface area contributed by atoms with Crippen LogP contribution in [0.5, 0.6) is 5.75 Å². The summed E-state index contributed by atoms with van der Waals surface area (Å²) in [5, 5.41) is 2.93. The minimum atomic E-state index is -0.500. The zero-order valence-corrected chi connectivity index (χ0v) is 14.6. The quantitative estimate of drug-likeness (QED) is 0.878. The fraction of sp³-hybridized carbons (Fsp3) is 0.412. The number of aromatic nitrogens is 2. The maximum atomic E-state index is 13.6. The van der Waals surface area contributed by atoms with Crippen molar-refractivity contribution in [3.05, 3.63) is 47.8 Å². The number of carbonyl (C=O) groups excluding carboxylic acids is 1. The molecule has 0 saturated carbocycles. The minimum absolute atomic E-state index is 0.192. The SMILES string of the molecule is COc1ccc(F)cc1C(C)NC(=O)C(c1cncn1C)N(C)C. The van der Waals surface area contributed by atoms with Gasteiger partial charge < -0.3 is 14.6 Å². The van der Waals surface area contributed by atoms with Crippen LogP contribution in [0.3, 0.4) is 0 Å². The molecule has 1 amide bonds. The van der Waals surface area contributed by atoms with Crippen LogP contribution in [0, 0.1) is 5.82 Å². The second-order valence-electron chi connectivity index (χ2n) is 5.91. The Labute approximate surface area is 141 Å². The number of imidazole rings is 1. The molecule has 6 nitrogen and oxygen atoms in total. The maximum absolute atomic E-state index is 13.6. The number of hydrogen-bond acceptors (Lipinski definition) is 4. The standard InChI is InChI=1S/C17H23FN4O2/c1-11(13-8-12(18)6-7-15(13)24-5)20-17(23)16(21(2)3)14-9-19-10-22(14)4/h6-11,16H,1-5H3,(H,20,23). The Morgan fingerprint density at radius 3 is 2.67 bits per heavy atom. The fourth-order valence-electron chi connectivity index (χ4n) is 2.68. The predicted molar refractivity (Wildman–Crippen MR) is 89.1 cm³/mol. The molecule has 0 saturated heterocycles. The molecule has 24 heavy (non-hydrogen) atoms. The molecular weight excluding hydrogens is 311 g/mol. The molecule has 7 heteroatoms. The van der Waals surface area contributed by atoms with E-state index in [4.69, 9.17) is 4.74 Å². The number of aryl methyl sites for hydroxylation is 1. The zero-order valence-electron chi connectivity index (χ0n) is 14.6. The highest BCUT2D eigenvalue weighted by Crippen LogP contribution is 2.27. The molecule has 0 aliphatic heterocycles. The van der Waals surface area contributed by atoms with Crippen LogP contribution in [0.1, 0.15) is 30.3 Å². The van der Waals surface area contributed by atoms with Crippen molar-refractivity contribution >= 4 is 5.91 Å². The molecule has 1 aromatic heterocycles. The maximum Gasteiger partial charge on any atom is 0.244 e. The highest BCUT2D eigenvalue weighted by Gasteiger charge is 2.27. The van der Waals surface area contributed by atoms with E-state index >= 15 is 0 Å². The van der Waals surface area contributed by atoms with Crippen LogP contribution >= 0.6 is 0 Å². The van der Waals surface area contributed by atoms with Gasteiger partial charge in [-0.15, -0.1) is 0 Å². The van der Waals surface area contributed by atoms with Crippen LogP contribution in [0.15, 0.2) is 30.7 Å². The Balaban J connectivity index is 2.24. The molecule has 0 bridgehead atoms. The topological polar surface area (TPSA) is 59.4 Å². The van der Waals surface area contributed by atoms with Crippen molar-refractivity contribution in [3.8, 4) is 5.75 Å². The summed E-state index contributed by atoms with van der Waals surface area (Å²) >= 11 is 0. The largest absolute Gasteiger partial charge is 0.496 e. The average molecular weight is 334 g/mol. The Bertz CT molecular complexity index is 714. The van der Waals surface area contributed by atoms with Gasteiger partial charge in [-0.05, 0) is 39.2 Å². The lowest BCUT2D eigenvalue weighted by atomic mass is 10.1. The van der Waals surface area contributed by atoms with Crippen molar-refractivity contribution in [2.45, 2.75) is 19.0 Å². The molecule has 2 unspecified atom stereocenters. The number of carbonyl (C=O) groups is 1. The minimum Gasteiger partial charge on any atom is -0.496 e. The van der Waals surface area contributed by atoms with Gasteiger partial charge in [-0.3, -0.25) is 9.69 Å². The Hall–Kier alpha value is -2.41. The van der Waals surface area contributed by atoms with Crippen molar-refractivity contribution in [2.75, 3.05) is 21.2 Å². The second kappa shape index (κ2) is 7.44. The lowest BCUT2D eigenvalue weighted by Gasteiger charge is -2.26. The van der Waals surface area contributed by atoms with E-state index in [1.807, 2.05) is 26.0 Å². The number of likely N-dealkylation sites (N-methyl/N-ethyl adjacent to an activating group) is 1. The normalized spacial score (nSPS) is 13.6. The summed E-state index contributed by atoms with van der Waals surface area (Å²) < 4.78 is 20.6. The Morgan fingerprint density at radius 1 is 1.42 bits per heavy atom. The van der Waals surface area contributed by atoms with Crippen molar-refractivity contribution in [3.63, 3.8) is 0 Å². The van der Waals surface area contributed by atoms with Crippen LogP contribution in [-0.2, 0) is 11.8 Å². The number of ether oxygens (including phenoxy) is 1. The Kier molecular flexibility index (Phi) is 5.56. The van der Waals surface area contributed by atoms with Crippen molar-refractivity contribution in [1.82, 2.24) is 19.8 Å². The van der Waals surface area contributed by atoms with E-state index in [1.165, 1.54) is 19.2 Å². The molecule has 0 aliphatic carbocycles. The van der Waals surface area contributed by atoms with Gasteiger partial charge >= 0.3 is 0 Å². The number of halogens is 1. The molecule has 0 fully saturated rings. The summed E-state index contributed by atoms with van der Waals surface area (Å²) in [6.07, 6.45) is 3.32.